The highest BCUT2D eigenvalue weighted by atomic mass is 35.5. The van der Waals surface area contributed by atoms with Crippen LogP contribution in [0.4, 0.5) is 28.8 Å². The van der Waals surface area contributed by atoms with Crippen LogP contribution in [-0.2, 0) is 10.2 Å². The van der Waals surface area contributed by atoms with E-state index in [2.05, 4.69) is 50.0 Å². The van der Waals surface area contributed by atoms with E-state index in [9.17, 15) is 4.79 Å². The first-order valence-corrected chi connectivity index (χ1v) is 12.4. The summed E-state index contributed by atoms with van der Waals surface area (Å²) in [4.78, 5) is 21.0. The second kappa shape index (κ2) is 9.24. The zero-order valence-corrected chi connectivity index (χ0v) is 21.1. The van der Waals surface area contributed by atoms with Gasteiger partial charge < -0.3 is 16.0 Å². The molecule has 0 bridgehead atoms. The number of nitrogens with zero attached hydrogens (tertiary/aromatic N) is 4. The normalized spacial score (nSPS) is 14.6. The van der Waals surface area contributed by atoms with Gasteiger partial charge in [-0.2, -0.15) is 4.98 Å². The Morgan fingerprint density at radius 2 is 1.94 bits per heavy atom. The van der Waals surface area contributed by atoms with Crippen LogP contribution in [0.1, 0.15) is 37.3 Å². The first-order chi connectivity index (χ1) is 16.8. The molecule has 8 nitrogen and oxygen atoms in total. The predicted molar refractivity (Wildman–Crippen MR) is 141 cm³/mol. The Bertz CT molecular complexity index is 1420. The third kappa shape index (κ3) is 4.96. The fourth-order valence-corrected chi connectivity index (χ4v) is 4.89. The van der Waals surface area contributed by atoms with E-state index in [0.717, 1.165) is 44.6 Å². The molecular weight excluding hydrogens is 482 g/mol. The molecule has 3 heterocycles. The molecule has 0 saturated carbocycles. The zero-order chi connectivity index (χ0) is 24.6. The van der Waals surface area contributed by atoms with E-state index in [1.54, 1.807) is 6.20 Å². The molecule has 1 amide bonds. The largest absolute Gasteiger partial charge is 0.338 e. The number of carbonyl (C=O) groups is 1. The maximum absolute atomic E-state index is 12.1. The van der Waals surface area contributed by atoms with Crippen molar-refractivity contribution in [2.75, 3.05) is 16.0 Å². The first kappa shape index (κ1) is 23.2. The molecule has 2 aromatic heterocycles. The van der Waals surface area contributed by atoms with Gasteiger partial charge in [0.2, 0.25) is 11.9 Å². The number of aryl methyl sites for hydroxylation is 1. The van der Waals surface area contributed by atoms with Gasteiger partial charge in [-0.25, -0.2) is 4.98 Å². The molecule has 35 heavy (non-hydrogen) atoms. The second-order valence-corrected chi connectivity index (χ2v) is 10.6. The summed E-state index contributed by atoms with van der Waals surface area (Å²) in [6, 6.07) is 13.7. The number of fused-ring (bicyclic) bond motifs is 1. The Morgan fingerprint density at radius 1 is 1.11 bits per heavy atom. The predicted octanol–water partition coefficient (Wildman–Crippen LogP) is 6.45. The van der Waals surface area contributed by atoms with Gasteiger partial charge in [0, 0.05) is 23.4 Å². The molecular formula is C25H24ClN7OS. The van der Waals surface area contributed by atoms with Gasteiger partial charge in [0.25, 0.3) is 0 Å². The van der Waals surface area contributed by atoms with Crippen molar-refractivity contribution in [3.05, 3.63) is 64.3 Å². The first-order valence-electron chi connectivity index (χ1n) is 11.2. The van der Waals surface area contributed by atoms with Crippen LogP contribution in [0, 0.1) is 6.92 Å². The van der Waals surface area contributed by atoms with Crippen molar-refractivity contribution in [2.45, 2.75) is 39.0 Å². The van der Waals surface area contributed by atoms with E-state index >= 15 is 0 Å². The van der Waals surface area contributed by atoms with Crippen molar-refractivity contribution < 1.29 is 4.79 Å². The van der Waals surface area contributed by atoms with Gasteiger partial charge in [-0.15, -0.1) is 10.2 Å². The molecule has 0 radical (unpaired) electrons. The maximum Gasteiger partial charge on any atom is 0.229 e. The van der Waals surface area contributed by atoms with Crippen molar-refractivity contribution >= 4 is 57.7 Å². The molecule has 5 rings (SSSR count). The number of anilines is 5. The SMILES string of the molecule is Cc1nnc(-c2ccccc2Nc2nc(Nc3ccc4c(c3)C(C)(C)CCC(=O)N4)ncc2Cl)s1. The number of para-hydroxylation sites is 1. The van der Waals surface area contributed by atoms with E-state index in [1.807, 2.05) is 49.4 Å². The lowest BCUT2D eigenvalue weighted by Gasteiger charge is -2.25. The monoisotopic (exact) mass is 505 g/mol. The molecule has 0 unspecified atom stereocenters. The molecule has 0 spiro atoms. The topological polar surface area (TPSA) is 105 Å². The third-order valence-electron chi connectivity index (χ3n) is 5.94. The fourth-order valence-electron chi connectivity index (χ4n) is 4.02. The van der Waals surface area contributed by atoms with E-state index in [4.69, 9.17) is 11.6 Å². The van der Waals surface area contributed by atoms with E-state index in [0.29, 0.717) is 23.2 Å². The van der Waals surface area contributed by atoms with Crippen molar-refractivity contribution in [3.8, 4) is 10.6 Å². The number of benzene rings is 2. The minimum atomic E-state index is -0.146. The summed E-state index contributed by atoms with van der Waals surface area (Å²) in [6.45, 7) is 6.22. The zero-order valence-electron chi connectivity index (χ0n) is 19.5. The molecule has 0 fully saturated rings. The Morgan fingerprint density at radius 3 is 2.74 bits per heavy atom. The maximum atomic E-state index is 12.1. The summed E-state index contributed by atoms with van der Waals surface area (Å²) in [6.07, 6.45) is 2.83. The highest BCUT2D eigenvalue weighted by molar-refractivity contribution is 7.14. The lowest BCUT2D eigenvalue weighted by molar-refractivity contribution is -0.116. The summed E-state index contributed by atoms with van der Waals surface area (Å²) in [5.41, 5.74) is 4.32. The van der Waals surface area contributed by atoms with Gasteiger partial charge in [0.1, 0.15) is 15.0 Å². The van der Waals surface area contributed by atoms with Crippen LogP contribution in [-0.4, -0.2) is 26.1 Å². The summed E-state index contributed by atoms with van der Waals surface area (Å²) < 4.78 is 0. The van der Waals surface area contributed by atoms with Crippen molar-refractivity contribution in [2.24, 2.45) is 0 Å². The van der Waals surface area contributed by atoms with Crippen LogP contribution in [0.3, 0.4) is 0 Å². The van der Waals surface area contributed by atoms with Crippen molar-refractivity contribution in [1.29, 1.82) is 0 Å². The number of aromatic nitrogens is 4. The van der Waals surface area contributed by atoms with Crippen LogP contribution in [0.25, 0.3) is 10.6 Å². The lowest BCUT2D eigenvalue weighted by atomic mass is 9.80. The number of amides is 1. The van der Waals surface area contributed by atoms with Gasteiger partial charge in [-0.3, -0.25) is 4.79 Å². The van der Waals surface area contributed by atoms with Gasteiger partial charge >= 0.3 is 0 Å². The van der Waals surface area contributed by atoms with Gasteiger partial charge in [0.05, 0.1) is 11.9 Å². The third-order valence-corrected chi connectivity index (χ3v) is 7.09. The van der Waals surface area contributed by atoms with Crippen LogP contribution in [0.15, 0.2) is 48.7 Å². The van der Waals surface area contributed by atoms with Crippen LogP contribution >= 0.6 is 22.9 Å². The van der Waals surface area contributed by atoms with E-state index in [-0.39, 0.29) is 11.3 Å². The smallest absolute Gasteiger partial charge is 0.229 e. The van der Waals surface area contributed by atoms with Crippen LogP contribution in [0.2, 0.25) is 5.02 Å². The Balaban J connectivity index is 1.43. The van der Waals surface area contributed by atoms with Crippen LogP contribution in [0.5, 0.6) is 0 Å². The van der Waals surface area contributed by atoms with Gasteiger partial charge in [-0.1, -0.05) is 48.9 Å². The average molecular weight is 506 g/mol. The summed E-state index contributed by atoms with van der Waals surface area (Å²) >= 11 is 7.96. The molecule has 0 saturated heterocycles. The molecule has 0 atom stereocenters. The molecule has 4 aromatic rings. The van der Waals surface area contributed by atoms with Crippen LogP contribution < -0.4 is 16.0 Å². The number of rotatable bonds is 5. The Kier molecular flexibility index (Phi) is 6.12. The lowest BCUT2D eigenvalue weighted by Crippen LogP contribution is -2.16. The highest BCUT2D eigenvalue weighted by Gasteiger charge is 2.28. The Hall–Kier alpha value is -3.56. The fraction of sp³-hybridized carbons (Fsp3) is 0.240. The van der Waals surface area contributed by atoms with Crippen molar-refractivity contribution in [1.82, 2.24) is 20.2 Å². The second-order valence-electron chi connectivity index (χ2n) is 9.00. The van der Waals surface area contributed by atoms with Crippen molar-refractivity contribution in [3.63, 3.8) is 0 Å². The average Bonchev–Trinajstić information content (AvgIpc) is 3.22. The summed E-state index contributed by atoms with van der Waals surface area (Å²) in [7, 11) is 0. The quantitative estimate of drug-likeness (QED) is 0.286. The molecule has 3 N–H and O–H groups in total. The number of carbonyl (C=O) groups excluding carboxylic acids is 1. The number of halogens is 1. The van der Waals surface area contributed by atoms with E-state index < -0.39 is 0 Å². The number of hydrogen-bond acceptors (Lipinski definition) is 8. The van der Waals surface area contributed by atoms with Gasteiger partial charge in [0.15, 0.2) is 5.82 Å². The molecule has 10 heteroatoms. The van der Waals surface area contributed by atoms with Gasteiger partial charge in [-0.05, 0) is 54.7 Å². The minimum absolute atomic E-state index is 0.0401. The molecule has 178 valence electrons. The molecule has 0 aliphatic carbocycles. The highest BCUT2D eigenvalue weighted by Crippen LogP contribution is 2.39. The molecule has 1 aliphatic heterocycles. The Labute approximate surface area is 212 Å². The number of nitrogens with one attached hydrogen (secondary N) is 3. The molecule has 1 aliphatic rings. The minimum Gasteiger partial charge on any atom is -0.338 e. The standard InChI is InChI=1S/C25H24ClN7OS/c1-14-32-33-23(35-14)16-6-4-5-7-19(16)30-22-18(26)13-27-24(31-22)28-15-8-9-20-17(12-15)25(2,3)11-10-21(34)29-20/h4-9,12-13H,10-11H2,1-3H3,(H,29,34)(H2,27,28,30,31). The summed E-state index contributed by atoms with van der Waals surface area (Å²) in [5.74, 6) is 0.912. The number of hydrogen-bond donors (Lipinski definition) is 3. The molecule has 2 aromatic carbocycles. The summed E-state index contributed by atoms with van der Waals surface area (Å²) in [5, 5.41) is 20.1. The van der Waals surface area contributed by atoms with E-state index in [1.165, 1.54) is 11.3 Å².